The molecule has 0 amide bonds. The fourth-order valence-corrected chi connectivity index (χ4v) is 3.67. The van der Waals surface area contributed by atoms with E-state index in [0.29, 0.717) is 17.8 Å². The quantitative estimate of drug-likeness (QED) is 0.406. The van der Waals surface area contributed by atoms with Crippen LogP contribution >= 0.6 is 11.6 Å². The number of aromatic nitrogens is 2. The Bertz CT molecular complexity index is 1200. The van der Waals surface area contributed by atoms with Crippen molar-refractivity contribution >= 4 is 17.6 Å². The number of hydrogen-bond acceptors (Lipinski definition) is 2. The number of carboxylic acid groups (broad SMARTS) is 1. The third kappa shape index (κ3) is 4.17. The summed E-state index contributed by atoms with van der Waals surface area (Å²) in [5.41, 5.74) is -6.76. The maximum absolute atomic E-state index is 14.5. The standard InChI is InChI=1S/C21H14ClF7N2O2/c1-10-7-12(19(23,20(24,25)26)21(27,28)29)8-11(2)17(10)16-5-6-31(30-16)13-3-4-15(22)14(9-13)18(32)33/h3-9H,1-2H3,(H,32,33). The van der Waals surface area contributed by atoms with Crippen molar-refractivity contribution in [3.8, 4) is 16.9 Å². The van der Waals surface area contributed by atoms with Crippen molar-refractivity contribution in [1.29, 1.82) is 0 Å². The van der Waals surface area contributed by atoms with Crippen LogP contribution in [-0.2, 0) is 5.67 Å². The van der Waals surface area contributed by atoms with Crippen LogP contribution < -0.4 is 0 Å². The van der Waals surface area contributed by atoms with Crippen LogP contribution in [0.3, 0.4) is 0 Å². The molecule has 0 aliphatic rings. The number of carboxylic acids is 1. The number of aryl methyl sites for hydroxylation is 2. The highest BCUT2D eigenvalue weighted by Crippen LogP contribution is 2.53. The second-order valence-corrected chi connectivity index (χ2v) is 7.66. The van der Waals surface area contributed by atoms with E-state index >= 15 is 0 Å². The Morgan fingerprint density at radius 2 is 1.48 bits per heavy atom. The average molecular weight is 495 g/mol. The van der Waals surface area contributed by atoms with E-state index in [4.69, 9.17) is 11.6 Å². The Hall–Kier alpha value is -3.08. The van der Waals surface area contributed by atoms with Gasteiger partial charge in [-0.1, -0.05) is 23.7 Å². The van der Waals surface area contributed by atoms with Gasteiger partial charge >= 0.3 is 24.0 Å². The van der Waals surface area contributed by atoms with E-state index in [0.717, 1.165) is 0 Å². The smallest absolute Gasteiger partial charge is 0.435 e. The first-order chi connectivity index (χ1) is 15.1. The maximum atomic E-state index is 14.5. The molecule has 3 aromatic rings. The zero-order valence-electron chi connectivity index (χ0n) is 16.8. The van der Waals surface area contributed by atoms with Gasteiger partial charge in [0.1, 0.15) is 0 Å². The summed E-state index contributed by atoms with van der Waals surface area (Å²) in [6.45, 7) is 2.48. The molecule has 0 radical (unpaired) electrons. The highest BCUT2D eigenvalue weighted by Gasteiger charge is 2.73. The predicted molar refractivity (Wildman–Crippen MR) is 105 cm³/mol. The molecule has 0 atom stereocenters. The fourth-order valence-electron chi connectivity index (χ4n) is 3.48. The zero-order valence-corrected chi connectivity index (χ0v) is 17.6. The topological polar surface area (TPSA) is 55.1 Å². The molecule has 0 spiro atoms. The second kappa shape index (κ2) is 8.05. The first kappa shape index (κ1) is 24.6. The molecule has 1 N–H and O–H groups in total. The van der Waals surface area contributed by atoms with Gasteiger partial charge in [-0.25, -0.2) is 13.9 Å². The van der Waals surface area contributed by atoms with Crippen molar-refractivity contribution in [2.75, 3.05) is 0 Å². The summed E-state index contributed by atoms with van der Waals surface area (Å²) in [7, 11) is 0. The lowest BCUT2D eigenvalue weighted by atomic mass is 9.88. The Labute approximate surface area is 187 Å². The van der Waals surface area contributed by atoms with Crippen LogP contribution in [0, 0.1) is 13.8 Å². The van der Waals surface area contributed by atoms with Gasteiger partial charge in [-0.15, -0.1) is 0 Å². The molecule has 176 valence electrons. The molecule has 0 bridgehead atoms. The second-order valence-electron chi connectivity index (χ2n) is 7.25. The van der Waals surface area contributed by atoms with Crippen molar-refractivity contribution in [3.05, 3.63) is 69.9 Å². The molecule has 1 aromatic heterocycles. The molecular formula is C21H14ClF7N2O2. The highest BCUT2D eigenvalue weighted by atomic mass is 35.5. The first-order valence-corrected chi connectivity index (χ1v) is 9.49. The van der Waals surface area contributed by atoms with Crippen LogP contribution in [0.2, 0.25) is 5.02 Å². The van der Waals surface area contributed by atoms with E-state index < -0.39 is 29.6 Å². The van der Waals surface area contributed by atoms with Gasteiger partial charge in [-0.2, -0.15) is 31.4 Å². The van der Waals surface area contributed by atoms with E-state index in [1.54, 1.807) is 0 Å². The molecule has 33 heavy (non-hydrogen) atoms. The Morgan fingerprint density at radius 3 is 1.97 bits per heavy atom. The Balaban J connectivity index is 2.10. The van der Waals surface area contributed by atoms with Crippen molar-refractivity contribution in [2.24, 2.45) is 0 Å². The minimum atomic E-state index is -6.22. The first-order valence-electron chi connectivity index (χ1n) is 9.11. The lowest BCUT2D eigenvalue weighted by Crippen LogP contribution is -2.50. The number of rotatable bonds is 4. The monoisotopic (exact) mass is 494 g/mol. The molecule has 2 aromatic carbocycles. The number of alkyl halides is 7. The third-order valence-corrected chi connectivity index (χ3v) is 5.33. The molecular weight excluding hydrogens is 481 g/mol. The highest BCUT2D eigenvalue weighted by molar-refractivity contribution is 6.33. The van der Waals surface area contributed by atoms with E-state index in [1.165, 1.54) is 49.0 Å². The van der Waals surface area contributed by atoms with Crippen LogP contribution in [0.25, 0.3) is 16.9 Å². The summed E-state index contributed by atoms with van der Waals surface area (Å²) in [6, 6.07) is 6.47. The minimum Gasteiger partial charge on any atom is -0.478 e. The van der Waals surface area contributed by atoms with E-state index in [2.05, 4.69) is 5.10 Å². The van der Waals surface area contributed by atoms with Gasteiger partial charge < -0.3 is 5.11 Å². The van der Waals surface area contributed by atoms with E-state index in [-0.39, 0.29) is 33.0 Å². The summed E-state index contributed by atoms with van der Waals surface area (Å²) < 4.78 is 94.4. The number of carbonyl (C=O) groups is 1. The van der Waals surface area contributed by atoms with Crippen LogP contribution in [0.4, 0.5) is 30.7 Å². The average Bonchev–Trinajstić information content (AvgIpc) is 3.14. The molecule has 0 aliphatic heterocycles. The number of benzene rings is 2. The van der Waals surface area contributed by atoms with Crippen LogP contribution in [0.1, 0.15) is 27.0 Å². The van der Waals surface area contributed by atoms with Gasteiger partial charge in [-0.3, -0.25) is 0 Å². The van der Waals surface area contributed by atoms with Gasteiger partial charge in [0.2, 0.25) is 0 Å². The van der Waals surface area contributed by atoms with Crippen molar-refractivity contribution < 1.29 is 40.6 Å². The maximum Gasteiger partial charge on any atom is 0.435 e. The number of aromatic carboxylic acids is 1. The fraction of sp³-hybridized carbons (Fsp3) is 0.238. The third-order valence-electron chi connectivity index (χ3n) is 5.00. The van der Waals surface area contributed by atoms with Crippen LogP contribution in [0.5, 0.6) is 0 Å². The summed E-state index contributed by atoms with van der Waals surface area (Å²) in [5, 5.41) is 13.4. The summed E-state index contributed by atoms with van der Waals surface area (Å²) in [4.78, 5) is 11.3. The molecule has 0 fully saturated rings. The molecule has 1 heterocycles. The molecule has 3 rings (SSSR count). The predicted octanol–water partition coefficient (Wildman–Crippen LogP) is 6.80. The normalized spacial score (nSPS) is 12.8. The molecule has 0 saturated carbocycles. The van der Waals surface area contributed by atoms with Crippen LogP contribution in [-0.4, -0.2) is 33.2 Å². The van der Waals surface area contributed by atoms with E-state index in [1.807, 2.05) is 0 Å². The van der Waals surface area contributed by atoms with E-state index in [9.17, 15) is 40.6 Å². The SMILES string of the molecule is Cc1cc(C(F)(C(F)(F)F)C(F)(F)F)cc(C)c1-c1ccn(-c2ccc(Cl)c(C(=O)O)c2)n1. The Morgan fingerprint density at radius 1 is 0.939 bits per heavy atom. The van der Waals surface area contributed by atoms with Crippen LogP contribution in [0.15, 0.2) is 42.6 Å². The largest absolute Gasteiger partial charge is 0.478 e. The van der Waals surface area contributed by atoms with Gasteiger partial charge in [-0.05, 0) is 49.2 Å². The molecule has 0 unspecified atom stereocenters. The Kier molecular flexibility index (Phi) is 5.99. The molecule has 4 nitrogen and oxygen atoms in total. The van der Waals surface area contributed by atoms with Gasteiger partial charge in [0.05, 0.1) is 22.0 Å². The number of nitrogens with zero attached hydrogens (tertiary/aromatic N) is 2. The summed E-state index contributed by atoms with van der Waals surface area (Å²) in [6.07, 6.45) is -11.0. The lowest BCUT2D eigenvalue weighted by molar-refractivity contribution is -0.348. The minimum absolute atomic E-state index is 0.00931. The molecule has 0 aliphatic carbocycles. The molecule has 12 heteroatoms. The number of hydrogen-bond donors (Lipinski definition) is 1. The van der Waals surface area contributed by atoms with Crippen molar-refractivity contribution in [1.82, 2.24) is 9.78 Å². The number of halogens is 8. The summed E-state index contributed by atoms with van der Waals surface area (Å²) >= 11 is 5.84. The van der Waals surface area contributed by atoms with Crippen molar-refractivity contribution in [3.63, 3.8) is 0 Å². The van der Waals surface area contributed by atoms with Gasteiger partial charge in [0.25, 0.3) is 0 Å². The summed E-state index contributed by atoms with van der Waals surface area (Å²) in [5.74, 6) is -1.28. The van der Waals surface area contributed by atoms with Crippen molar-refractivity contribution in [2.45, 2.75) is 31.9 Å². The lowest BCUT2D eigenvalue weighted by Gasteiger charge is -2.31. The zero-order chi connectivity index (χ0) is 24.9. The molecule has 0 saturated heterocycles. The van der Waals surface area contributed by atoms with Gasteiger partial charge in [0, 0.05) is 17.3 Å². The van der Waals surface area contributed by atoms with Gasteiger partial charge in [0.15, 0.2) is 0 Å².